The van der Waals surface area contributed by atoms with Crippen LogP contribution in [-0.2, 0) is 6.42 Å². The van der Waals surface area contributed by atoms with E-state index in [2.05, 4.69) is 17.0 Å². The predicted molar refractivity (Wildman–Crippen MR) is 105 cm³/mol. The van der Waals surface area contributed by atoms with Crippen LogP contribution in [0, 0.1) is 10.1 Å². The molecule has 0 N–H and O–H groups in total. The fourth-order valence-electron chi connectivity index (χ4n) is 2.83. The van der Waals surface area contributed by atoms with Gasteiger partial charge in [-0.1, -0.05) is 44.0 Å². The summed E-state index contributed by atoms with van der Waals surface area (Å²) in [7, 11) is 0. The molecule has 3 aromatic rings. The van der Waals surface area contributed by atoms with Crippen LogP contribution in [0.3, 0.4) is 0 Å². The molecule has 7 heteroatoms. The molecular formula is C20H20N4O3. The topological polar surface area (TPSA) is 90.4 Å². The lowest BCUT2D eigenvalue weighted by Crippen LogP contribution is -2.22. The summed E-state index contributed by atoms with van der Waals surface area (Å²) in [5, 5.41) is 15.7. The van der Waals surface area contributed by atoms with Crippen molar-refractivity contribution in [2.45, 2.75) is 32.6 Å². The van der Waals surface area contributed by atoms with E-state index >= 15 is 0 Å². The van der Waals surface area contributed by atoms with Crippen molar-refractivity contribution in [3.05, 3.63) is 80.4 Å². The van der Waals surface area contributed by atoms with E-state index in [9.17, 15) is 14.9 Å². The first kappa shape index (κ1) is 18.4. The first-order valence-corrected chi connectivity index (χ1v) is 8.89. The van der Waals surface area contributed by atoms with Crippen molar-refractivity contribution in [2.75, 3.05) is 0 Å². The number of rotatable bonds is 7. The van der Waals surface area contributed by atoms with Gasteiger partial charge in [0.1, 0.15) is 5.82 Å². The van der Waals surface area contributed by atoms with Crippen LogP contribution < -0.4 is 5.56 Å². The van der Waals surface area contributed by atoms with Gasteiger partial charge in [-0.2, -0.15) is 9.78 Å². The van der Waals surface area contributed by atoms with E-state index in [1.165, 1.54) is 23.0 Å². The van der Waals surface area contributed by atoms with E-state index in [0.29, 0.717) is 28.7 Å². The maximum absolute atomic E-state index is 12.9. The number of fused-ring (bicyclic) bond motifs is 1. The molecule has 0 radical (unpaired) electrons. The quantitative estimate of drug-likeness (QED) is 0.275. The molecule has 0 saturated heterocycles. The number of aryl methyl sites for hydroxylation is 1. The molecule has 1 aromatic heterocycles. The minimum atomic E-state index is -0.461. The number of nitrogens with zero attached hydrogens (tertiary/aromatic N) is 4. The van der Waals surface area contributed by atoms with Gasteiger partial charge in [0.2, 0.25) is 0 Å². The van der Waals surface area contributed by atoms with Gasteiger partial charge in [-0.25, -0.2) is 4.98 Å². The molecular weight excluding hydrogens is 344 g/mol. The Morgan fingerprint density at radius 3 is 2.78 bits per heavy atom. The molecule has 7 nitrogen and oxygen atoms in total. The zero-order valence-electron chi connectivity index (χ0n) is 15.0. The van der Waals surface area contributed by atoms with E-state index in [0.717, 1.165) is 19.3 Å². The molecule has 0 amide bonds. The number of non-ortho nitro benzene ring substituents is 1. The molecule has 138 valence electrons. The normalized spacial score (nSPS) is 11.3. The Morgan fingerprint density at radius 1 is 1.19 bits per heavy atom. The number of hydrogen-bond donors (Lipinski definition) is 0. The zero-order chi connectivity index (χ0) is 19.2. The zero-order valence-corrected chi connectivity index (χ0v) is 15.0. The molecule has 0 fully saturated rings. The molecule has 0 spiro atoms. The van der Waals surface area contributed by atoms with Gasteiger partial charge in [0.05, 0.1) is 22.0 Å². The summed E-state index contributed by atoms with van der Waals surface area (Å²) in [6.07, 6.45) is 5.11. The lowest BCUT2D eigenvalue weighted by atomic mass is 10.2. The molecule has 0 aliphatic heterocycles. The minimum absolute atomic E-state index is 0.0221. The SMILES string of the molecule is CCCCCc1nc2ccccc2c(=O)n1/N=C\c1cccc([N+](=O)[O-])c1. The number of hydrogen-bond acceptors (Lipinski definition) is 5. The number of unbranched alkanes of at least 4 members (excludes halogenated alkanes) is 2. The van der Waals surface area contributed by atoms with Gasteiger partial charge in [-0.15, -0.1) is 0 Å². The maximum atomic E-state index is 12.9. The lowest BCUT2D eigenvalue weighted by molar-refractivity contribution is -0.384. The van der Waals surface area contributed by atoms with Crippen molar-refractivity contribution in [3.8, 4) is 0 Å². The fraction of sp³-hybridized carbons (Fsp3) is 0.250. The number of benzene rings is 2. The van der Waals surface area contributed by atoms with Crippen LogP contribution in [0.1, 0.15) is 37.6 Å². The number of nitro benzene ring substituents is 1. The highest BCUT2D eigenvalue weighted by Crippen LogP contribution is 2.13. The molecule has 0 aliphatic carbocycles. The van der Waals surface area contributed by atoms with E-state index in [-0.39, 0.29) is 11.2 Å². The number of nitro groups is 1. The van der Waals surface area contributed by atoms with Crippen LogP contribution in [0.5, 0.6) is 0 Å². The Morgan fingerprint density at radius 2 is 2.00 bits per heavy atom. The highest BCUT2D eigenvalue weighted by Gasteiger charge is 2.10. The fourth-order valence-corrected chi connectivity index (χ4v) is 2.83. The van der Waals surface area contributed by atoms with Crippen LogP contribution in [0.15, 0.2) is 58.4 Å². The molecule has 0 aliphatic rings. The average Bonchev–Trinajstić information content (AvgIpc) is 2.68. The van der Waals surface area contributed by atoms with Gasteiger partial charge in [0.15, 0.2) is 0 Å². The number of aromatic nitrogens is 2. The smallest absolute Gasteiger partial charge is 0.267 e. The van der Waals surface area contributed by atoms with Gasteiger partial charge in [0.25, 0.3) is 11.2 Å². The third kappa shape index (κ3) is 4.25. The Hall–Kier alpha value is -3.35. The van der Waals surface area contributed by atoms with E-state index in [1.807, 2.05) is 12.1 Å². The van der Waals surface area contributed by atoms with Crippen molar-refractivity contribution in [3.63, 3.8) is 0 Å². The Labute approximate surface area is 156 Å². The van der Waals surface area contributed by atoms with Crippen molar-refractivity contribution < 1.29 is 4.92 Å². The van der Waals surface area contributed by atoms with Crippen LogP contribution in [0.2, 0.25) is 0 Å². The second kappa shape index (κ2) is 8.35. The van der Waals surface area contributed by atoms with Crippen LogP contribution in [0.25, 0.3) is 10.9 Å². The summed E-state index contributed by atoms with van der Waals surface area (Å²) in [6.45, 7) is 2.11. The summed E-state index contributed by atoms with van der Waals surface area (Å²) in [5.74, 6) is 0.592. The minimum Gasteiger partial charge on any atom is -0.267 e. The van der Waals surface area contributed by atoms with E-state index in [1.54, 1.807) is 24.3 Å². The van der Waals surface area contributed by atoms with Crippen molar-refractivity contribution >= 4 is 22.8 Å². The third-order valence-corrected chi connectivity index (χ3v) is 4.23. The maximum Gasteiger partial charge on any atom is 0.282 e. The van der Waals surface area contributed by atoms with Crippen LogP contribution in [-0.4, -0.2) is 20.8 Å². The van der Waals surface area contributed by atoms with Crippen molar-refractivity contribution in [2.24, 2.45) is 5.10 Å². The van der Waals surface area contributed by atoms with Gasteiger partial charge >= 0.3 is 0 Å². The summed E-state index contributed by atoms with van der Waals surface area (Å²) >= 11 is 0. The molecule has 0 unspecified atom stereocenters. The summed E-state index contributed by atoms with van der Waals surface area (Å²) in [4.78, 5) is 27.9. The lowest BCUT2D eigenvalue weighted by Gasteiger charge is -2.09. The average molecular weight is 364 g/mol. The third-order valence-electron chi connectivity index (χ3n) is 4.23. The summed E-state index contributed by atoms with van der Waals surface area (Å²) in [5.41, 5.74) is 0.930. The molecule has 2 aromatic carbocycles. The first-order chi connectivity index (χ1) is 13.1. The standard InChI is InChI=1S/C20H20N4O3/c1-2-3-4-12-19-22-18-11-6-5-10-17(18)20(25)23(19)21-14-15-8-7-9-16(13-15)24(26)27/h5-11,13-14H,2-4,12H2,1H3/b21-14-. The summed E-state index contributed by atoms with van der Waals surface area (Å²) in [6, 6.07) is 13.3. The van der Waals surface area contributed by atoms with Gasteiger partial charge in [-0.3, -0.25) is 14.9 Å². The predicted octanol–water partition coefficient (Wildman–Crippen LogP) is 3.92. The molecule has 3 rings (SSSR count). The Balaban J connectivity index is 2.04. The Bertz CT molecular complexity index is 1060. The molecule has 0 bridgehead atoms. The van der Waals surface area contributed by atoms with Gasteiger partial charge in [-0.05, 0) is 18.6 Å². The molecule has 1 heterocycles. The van der Waals surface area contributed by atoms with Gasteiger partial charge < -0.3 is 0 Å². The molecule has 0 atom stereocenters. The first-order valence-electron chi connectivity index (χ1n) is 8.89. The second-order valence-electron chi connectivity index (χ2n) is 6.22. The Kier molecular flexibility index (Phi) is 5.71. The van der Waals surface area contributed by atoms with Crippen molar-refractivity contribution in [1.82, 2.24) is 9.66 Å². The van der Waals surface area contributed by atoms with Crippen molar-refractivity contribution in [1.29, 1.82) is 0 Å². The largest absolute Gasteiger partial charge is 0.282 e. The molecule has 27 heavy (non-hydrogen) atoms. The highest BCUT2D eigenvalue weighted by molar-refractivity contribution is 5.81. The highest BCUT2D eigenvalue weighted by atomic mass is 16.6. The monoisotopic (exact) mass is 364 g/mol. The summed E-state index contributed by atoms with van der Waals surface area (Å²) < 4.78 is 1.30. The van der Waals surface area contributed by atoms with E-state index < -0.39 is 4.92 Å². The number of para-hydroxylation sites is 1. The van der Waals surface area contributed by atoms with Crippen LogP contribution >= 0.6 is 0 Å². The molecule has 0 saturated carbocycles. The van der Waals surface area contributed by atoms with E-state index in [4.69, 9.17) is 0 Å². The van der Waals surface area contributed by atoms with Gasteiger partial charge in [0, 0.05) is 24.1 Å². The second-order valence-corrected chi connectivity index (χ2v) is 6.22. The van der Waals surface area contributed by atoms with Crippen LogP contribution in [0.4, 0.5) is 5.69 Å².